The minimum atomic E-state index is -0.381. The number of carbonyl (C=O) groups excluding carboxylic acids is 1. The first kappa shape index (κ1) is 17.7. The van der Waals surface area contributed by atoms with Crippen LogP contribution < -0.4 is 11.5 Å². The first-order valence-electron chi connectivity index (χ1n) is 8.42. The third-order valence-corrected chi connectivity index (χ3v) is 4.07. The van der Waals surface area contributed by atoms with Gasteiger partial charge in [0.05, 0.1) is 11.9 Å². The fourth-order valence-corrected chi connectivity index (χ4v) is 2.63. The van der Waals surface area contributed by atoms with Crippen LogP contribution in [0.3, 0.4) is 0 Å². The molecule has 0 aliphatic carbocycles. The Morgan fingerprint density at radius 3 is 2.35 bits per heavy atom. The molecule has 0 aliphatic rings. The number of anilines is 2. The maximum atomic E-state index is 12.3. The van der Waals surface area contributed by atoms with Gasteiger partial charge in [0.2, 0.25) is 5.95 Å². The molecule has 134 valence electrons. The zero-order valence-corrected chi connectivity index (χ0v) is 15.2. The molecule has 0 amide bonds. The average molecular weight is 350 g/mol. The molecule has 3 rings (SSSR count). The molecule has 7 nitrogen and oxygen atoms in total. The second kappa shape index (κ2) is 6.67. The van der Waals surface area contributed by atoms with Crippen molar-refractivity contribution < 1.29 is 4.79 Å². The predicted molar refractivity (Wildman–Crippen MR) is 102 cm³/mol. The van der Waals surface area contributed by atoms with Crippen LogP contribution in [-0.4, -0.2) is 25.7 Å². The molecule has 0 atom stereocenters. The first-order valence-corrected chi connectivity index (χ1v) is 8.42. The van der Waals surface area contributed by atoms with E-state index >= 15 is 0 Å². The number of rotatable bonds is 4. The number of Topliss-reactive ketones (excluding diaryl/α,β-unsaturated/α-hetero) is 1. The topological polar surface area (TPSA) is 121 Å². The highest BCUT2D eigenvalue weighted by molar-refractivity contribution is 5.99. The summed E-state index contributed by atoms with van der Waals surface area (Å²) in [4.78, 5) is 29.0. The molecule has 1 aromatic carbocycles. The fraction of sp³-hybridized carbons (Fsp3) is 0.316. The average Bonchev–Trinajstić information content (AvgIpc) is 2.59. The van der Waals surface area contributed by atoms with Crippen LogP contribution in [0.15, 0.2) is 30.5 Å². The molecule has 3 aromatic rings. The van der Waals surface area contributed by atoms with Crippen LogP contribution >= 0.6 is 0 Å². The number of nitrogen functional groups attached to an aromatic ring is 2. The summed E-state index contributed by atoms with van der Waals surface area (Å²) in [7, 11) is 0. The Kier molecular flexibility index (Phi) is 4.54. The number of nitrogens with two attached hydrogens (primary N) is 2. The van der Waals surface area contributed by atoms with Crippen molar-refractivity contribution in [3.63, 3.8) is 0 Å². The number of fused-ring (bicyclic) bond motifs is 1. The summed E-state index contributed by atoms with van der Waals surface area (Å²) in [5.41, 5.74) is 14.5. The molecule has 0 radical (unpaired) electrons. The van der Waals surface area contributed by atoms with Crippen molar-refractivity contribution in [3.05, 3.63) is 47.3 Å². The van der Waals surface area contributed by atoms with E-state index in [1.807, 2.05) is 45.0 Å². The highest BCUT2D eigenvalue weighted by Crippen LogP contribution is 2.21. The summed E-state index contributed by atoms with van der Waals surface area (Å²) in [5, 5.41) is 0. The maximum absolute atomic E-state index is 12.3. The normalized spacial score (nSPS) is 11.7. The summed E-state index contributed by atoms with van der Waals surface area (Å²) in [6.07, 6.45) is 3.14. The summed E-state index contributed by atoms with van der Waals surface area (Å²) < 4.78 is 0. The van der Waals surface area contributed by atoms with Gasteiger partial charge in [0.15, 0.2) is 22.8 Å². The van der Waals surface area contributed by atoms with Crippen LogP contribution in [0, 0.1) is 5.41 Å². The molecule has 0 aliphatic heterocycles. The summed E-state index contributed by atoms with van der Waals surface area (Å²) in [6.45, 7) is 5.76. The van der Waals surface area contributed by atoms with Crippen molar-refractivity contribution >= 4 is 28.7 Å². The first-order chi connectivity index (χ1) is 12.2. The number of benzene rings is 1. The Morgan fingerprint density at radius 1 is 1.00 bits per heavy atom. The highest BCUT2D eigenvalue weighted by Gasteiger charge is 2.22. The molecule has 7 heteroatoms. The number of hydrogen-bond donors (Lipinski definition) is 2. The van der Waals surface area contributed by atoms with E-state index in [0.29, 0.717) is 17.6 Å². The molecule has 0 bridgehead atoms. The molecular weight excluding hydrogens is 328 g/mol. The Morgan fingerprint density at radius 2 is 1.69 bits per heavy atom. The number of aromatic nitrogens is 4. The minimum absolute atomic E-state index is 0.0851. The summed E-state index contributed by atoms with van der Waals surface area (Å²) in [6, 6.07) is 7.71. The van der Waals surface area contributed by atoms with Gasteiger partial charge in [0.25, 0.3) is 0 Å². The number of carbonyl (C=O) groups is 1. The van der Waals surface area contributed by atoms with Crippen LogP contribution in [0.2, 0.25) is 0 Å². The van der Waals surface area contributed by atoms with E-state index in [1.165, 1.54) is 0 Å². The lowest BCUT2D eigenvalue weighted by atomic mass is 9.86. The monoisotopic (exact) mass is 350 g/mol. The SMILES string of the molecule is CC(C)(C)C(=O)c1ccc(CCc2cnc3nc(N)nc(N)c3n2)cc1. The largest absolute Gasteiger partial charge is 0.382 e. The van der Waals surface area contributed by atoms with Crippen LogP contribution in [0.1, 0.15) is 42.4 Å². The lowest BCUT2D eigenvalue weighted by Gasteiger charge is -2.16. The van der Waals surface area contributed by atoms with Crippen LogP contribution in [-0.2, 0) is 12.8 Å². The van der Waals surface area contributed by atoms with E-state index in [2.05, 4.69) is 19.9 Å². The lowest BCUT2D eigenvalue weighted by Crippen LogP contribution is -2.20. The van der Waals surface area contributed by atoms with E-state index in [9.17, 15) is 4.79 Å². The number of aryl methyl sites for hydroxylation is 2. The molecule has 2 heterocycles. The van der Waals surface area contributed by atoms with Gasteiger partial charge < -0.3 is 11.5 Å². The third-order valence-electron chi connectivity index (χ3n) is 4.07. The minimum Gasteiger partial charge on any atom is -0.382 e. The van der Waals surface area contributed by atoms with E-state index in [-0.39, 0.29) is 23.0 Å². The van der Waals surface area contributed by atoms with E-state index in [0.717, 1.165) is 23.2 Å². The van der Waals surface area contributed by atoms with E-state index in [1.54, 1.807) is 6.20 Å². The molecule has 2 aromatic heterocycles. The van der Waals surface area contributed by atoms with Crippen molar-refractivity contribution in [2.75, 3.05) is 11.5 Å². The van der Waals surface area contributed by atoms with Gasteiger partial charge in [-0.25, -0.2) is 9.97 Å². The molecule has 0 fully saturated rings. The molecule has 4 N–H and O–H groups in total. The van der Waals surface area contributed by atoms with Crippen molar-refractivity contribution in [1.82, 2.24) is 19.9 Å². The molecule has 0 unspecified atom stereocenters. The van der Waals surface area contributed by atoms with Gasteiger partial charge in [-0.15, -0.1) is 0 Å². The summed E-state index contributed by atoms with van der Waals surface area (Å²) >= 11 is 0. The van der Waals surface area contributed by atoms with Crippen molar-refractivity contribution in [2.45, 2.75) is 33.6 Å². The van der Waals surface area contributed by atoms with Crippen LogP contribution in [0.25, 0.3) is 11.2 Å². The van der Waals surface area contributed by atoms with Gasteiger partial charge in [0, 0.05) is 11.0 Å². The zero-order chi connectivity index (χ0) is 18.9. The van der Waals surface area contributed by atoms with Gasteiger partial charge in [-0.2, -0.15) is 9.97 Å². The van der Waals surface area contributed by atoms with E-state index < -0.39 is 0 Å². The second-order valence-corrected chi connectivity index (χ2v) is 7.28. The van der Waals surface area contributed by atoms with Crippen molar-refractivity contribution in [3.8, 4) is 0 Å². The Labute approximate surface area is 151 Å². The molecule has 26 heavy (non-hydrogen) atoms. The molecular formula is C19H22N6O. The van der Waals surface area contributed by atoms with Gasteiger partial charge in [-0.1, -0.05) is 45.0 Å². The maximum Gasteiger partial charge on any atom is 0.224 e. The van der Waals surface area contributed by atoms with Gasteiger partial charge in [-0.3, -0.25) is 4.79 Å². The fourth-order valence-electron chi connectivity index (χ4n) is 2.63. The zero-order valence-electron chi connectivity index (χ0n) is 15.2. The predicted octanol–water partition coefficient (Wildman–Crippen LogP) is 2.60. The molecule has 0 saturated heterocycles. The standard InChI is InChI=1S/C19H22N6O/c1-19(2,3)15(26)12-7-4-11(5-8-12)6-9-13-10-22-17-14(23-13)16(20)24-18(21)25-17/h4-5,7-8,10H,6,9H2,1-3H3,(H4,20,21,22,24,25). The molecule has 0 spiro atoms. The number of hydrogen-bond acceptors (Lipinski definition) is 7. The third kappa shape index (κ3) is 3.77. The Hall–Kier alpha value is -3.09. The van der Waals surface area contributed by atoms with Crippen LogP contribution in [0.5, 0.6) is 0 Å². The number of nitrogens with zero attached hydrogens (tertiary/aromatic N) is 4. The summed E-state index contributed by atoms with van der Waals surface area (Å²) in [5.74, 6) is 0.452. The Bertz CT molecular complexity index is 960. The van der Waals surface area contributed by atoms with Crippen molar-refractivity contribution in [1.29, 1.82) is 0 Å². The lowest BCUT2D eigenvalue weighted by molar-refractivity contribution is 0.0858. The van der Waals surface area contributed by atoms with Gasteiger partial charge in [0.1, 0.15) is 0 Å². The Balaban J connectivity index is 1.73. The van der Waals surface area contributed by atoms with Gasteiger partial charge >= 0.3 is 0 Å². The molecule has 0 saturated carbocycles. The van der Waals surface area contributed by atoms with Gasteiger partial charge in [-0.05, 0) is 18.4 Å². The smallest absolute Gasteiger partial charge is 0.224 e. The quantitative estimate of drug-likeness (QED) is 0.694. The van der Waals surface area contributed by atoms with Crippen molar-refractivity contribution in [2.24, 2.45) is 5.41 Å². The van der Waals surface area contributed by atoms with E-state index in [4.69, 9.17) is 11.5 Å². The van der Waals surface area contributed by atoms with Crippen LogP contribution in [0.4, 0.5) is 11.8 Å². The highest BCUT2D eigenvalue weighted by atomic mass is 16.1. The second-order valence-electron chi connectivity index (χ2n) is 7.28. The number of ketones is 1.